The molecule has 1 amide bonds. The summed E-state index contributed by atoms with van der Waals surface area (Å²) in [6.07, 6.45) is 1.00. The van der Waals surface area contributed by atoms with Crippen LogP contribution in [0.25, 0.3) is 0 Å². The first kappa shape index (κ1) is 12.4. The van der Waals surface area contributed by atoms with Crippen molar-refractivity contribution in [2.45, 2.75) is 18.9 Å². The quantitative estimate of drug-likeness (QED) is 0.538. The molecule has 2 unspecified atom stereocenters. The molecule has 0 aromatic heterocycles. The number of carbonyl (C=O) groups is 1. The van der Waals surface area contributed by atoms with Crippen molar-refractivity contribution in [1.29, 1.82) is 0 Å². The number of ether oxygens (including phenoxy) is 1. The summed E-state index contributed by atoms with van der Waals surface area (Å²) < 4.78 is 4.76. The van der Waals surface area contributed by atoms with E-state index >= 15 is 0 Å². The SMILES string of the molecule is COCC(O)CNC(=O)CC1CCNC1. The summed E-state index contributed by atoms with van der Waals surface area (Å²) in [7, 11) is 1.52. The van der Waals surface area contributed by atoms with Gasteiger partial charge >= 0.3 is 0 Å². The zero-order chi connectivity index (χ0) is 11.1. The summed E-state index contributed by atoms with van der Waals surface area (Å²) >= 11 is 0. The molecule has 0 aromatic carbocycles. The molecule has 0 aliphatic carbocycles. The second-order valence-corrected chi connectivity index (χ2v) is 3.98. The van der Waals surface area contributed by atoms with Crippen molar-refractivity contribution in [2.24, 2.45) is 5.92 Å². The highest BCUT2D eigenvalue weighted by Crippen LogP contribution is 2.11. The van der Waals surface area contributed by atoms with Gasteiger partial charge in [0.15, 0.2) is 0 Å². The van der Waals surface area contributed by atoms with Gasteiger partial charge in [-0.25, -0.2) is 0 Å². The van der Waals surface area contributed by atoms with E-state index in [1.165, 1.54) is 7.11 Å². The predicted octanol–water partition coefficient (Wildman–Crippen LogP) is -0.890. The van der Waals surface area contributed by atoms with Gasteiger partial charge in [0.2, 0.25) is 5.91 Å². The van der Waals surface area contributed by atoms with Crippen LogP contribution in [0.3, 0.4) is 0 Å². The Morgan fingerprint density at radius 2 is 2.53 bits per heavy atom. The Morgan fingerprint density at radius 3 is 3.13 bits per heavy atom. The lowest BCUT2D eigenvalue weighted by molar-refractivity contribution is -0.122. The molecular weight excluding hydrogens is 196 g/mol. The standard InChI is InChI=1S/C10H20N2O3/c1-15-7-9(13)6-12-10(14)4-8-2-3-11-5-8/h8-9,11,13H,2-7H2,1H3,(H,12,14). The van der Waals surface area contributed by atoms with Crippen LogP contribution in [0.15, 0.2) is 0 Å². The Hall–Kier alpha value is -0.650. The predicted molar refractivity (Wildman–Crippen MR) is 56.5 cm³/mol. The fourth-order valence-corrected chi connectivity index (χ4v) is 1.71. The van der Waals surface area contributed by atoms with E-state index in [0.29, 0.717) is 12.3 Å². The van der Waals surface area contributed by atoms with Gasteiger partial charge in [-0.3, -0.25) is 4.79 Å². The largest absolute Gasteiger partial charge is 0.389 e. The van der Waals surface area contributed by atoms with E-state index in [4.69, 9.17) is 4.74 Å². The highest BCUT2D eigenvalue weighted by Gasteiger charge is 2.18. The Kier molecular flexibility index (Phi) is 5.60. The molecule has 1 saturated heterocycles. The summed E-state index contributed by atoms with van der Waals surface area (Å²) in [6.45, 7) is 2.45. The minimum absolute atomic E-state index is 0.0128. The van der Waals surface area contributed by atoms with Crippen LogP contribution in [0.1, 0.15) is 12.8 Å². The molecule has 0 aromatic rings. The van der Waals surface area contributed by atoms with Crippen molar-refractivity contribution in [3.8, 4) is 0 Å². The third kappa shape index (κ3) is 5.11. The van der Waals surface area contributed by atoms with Crippen molar-refractivity contribution in [3.63, 3.8) is 0 Å². The molecule has 1 fully saturated rings. The highest BCUT2D eigenvalue weighted by molar-refractivity contribution is 5.76. The van der Waals surface area contributed by atoms with E-state index in [2.05, 4.69) is 10.6 Å². The zero-order valence-corrected chi connectivity index (χ0v) is 9.16. The van der Waals surface area contributed by atoms with Crippen LogP contribution in [-0.2, 0) is 9.53 Å². The first-order valence-electron chi connectivity index (χ1n) is 5.36. The van der Waals surface area contributed by atoms with Crippen molar-refractivity contribution in [2.75, 3.05) is 33.4 Å². The third-order valence-corrected chi connectivity index (χ3v) is 2.53. The molecule has 3 N–H and O–H groups in total. The molecule has 1 aliphatic rings. The summed E-state index contributed by atoms with van der Waals surface area (Å²) in [6, 6.07) is 0. The topological polar surface area (TPSA) is 70.6 Å². The lowest BCUT2D eigenvalue weighted by Gasteiger charge is -2.12. The third-order valence-electron chi connectivity index (χ3n) is 2.53. The van der Waals surface area contributed by atoms with Crippen LogP contribution >= 0.6 is 0 Å². The zero-order valence-electron chi connectivity index (χ0n) is 9.16. The van der Waals surface area contributed by atoms with Gasteiger partial charge in [-0.05, 0) is 25.4 Å². The van der Waals surface area contributed by atoms with E-state index in [9.17, 15) is 9.90 Å². The van der Waals surface area contributed by atoms with Crippen LogP contribution < -0.4 is 10.6 Å². The highest BCUT2D eigenvalue weighted by atomic mass is 16.5. The number of nitrogens with one attached hydrogen (secondary N) is 2. The Balaban J connectivity index is 2.07. The second kappa shape index (κ2) is 6.76. The van der Waals surface area contributed by atoms with Gasteiger partial charge in [-0.1, -0.05) is 0 Å². The molecule has 0 radical (unpaired) electrons. The van der Waals surface area contributed by atoms with E-state index in [1.54, 1.807) is 0 Å². The van der Waals surface area contributed by atoms with Crippen molar-refractivity contribution < 1.29 is 14.6 Å². The van der Waals surface area contributed by atoms with Gasteiger partial charge in [0.1, 0.15) is 0 Å². The van der Waals surface area contributed by atoms with E-state index < -0.39 is 6.10 Å². The maximum absolute atomic E-state index is 11.4. The number of hydrogen-bond donors (Lipinski definition) is 3. The van der Waals surface area contributed by atoms with Crippen LogP contribution in [0.4, 0.5) is 0 Å². The summed E-state index contributed by atoms with van der Waals surface area (Å²) in [5, 5.41) is 15.2. The van der Waals surface area contributed by atoms with Gasteiger partial charge in [0, 0.05) is 20.1 Å². The summed E-state index contributed by atoms with van der Waals surface area (Å²) in [5.41, 5.74) is 0. The molecule has 1 heterocycles. The normalized spacial score (nSPS) is 22.7. The molecule has 0 saturated carbocycles. The minimum atomic E-state index is -0.611. The van der Waals surface area contributed by atoms with Crippen LogP contribution in [-0.4, -0.2) is 50.5 Å². The minimum Gasteiger partial charge on any atom is -0.389 e. The smallest absolute Gasteiger partial charge is 0.220 e. The maximum atomic E-state index is 11.4. The molecule has 5 heteroatoms. The maximum Gasteiger partial charge on any atom is 0.220 e. The number of amides is 1. The summed E-state index contributed by atoms with van der Waals surface area (Å²) in [4.78, 5) is 11.4. The number of carbonyl (C=O) groups excluding carboxylic acids is 1. The van der Waals surface area contributed by atoms with Crippen LogP contribution in [0, 0.1) is 5.92 Å². The average molecular weight is 216 g/mol. The molecule has 15 heavy (non-hydrogen) atoms. The molecule has 88 valence electrons. The number of aliphatic hydroxyl groups is 1. The van der Waals surface area contributed by atoms with Crippen molar-refractivity contribution >= 4 is 5.91 Å². The van der Waals surface area contributed by atoms with Gasteiger partial charge in [-0.15, -0.1) is 0 Å². The first-order valence-corrected chi connectivity index (χ1v) is 5.36. The summed E-state index contributed by atoms with van der Waals surface area (Å²) in [5.74, 6) is 0.462. The van der Waals surface area contributed by atoms with Crippen molar-refractivity contribution in [3.05, 3.63) is 0 Å². The van der Waals surface area contributed by atoms with Gasteiger partial charge < -0.3 is 20.5 Å². The number of aliphatic hydroxyl groups excluding tert-OH is 1. The van der Waals surface area contributed by atoms with Gasteiger partial charge in [-0.2, -0.15) is 0 Å². The van der Waals surface area contributed by atoms with Crippen molar-refractivity contribution in [1.82, 2.24) is 10.6 Å². The Labute approximate surface area is 90.2 Å². The molecule has 0 spiro atoms. The molecular formula is C10H20N2O3. The van der Waals surface area contributed by atoms with Crippen LogP contribution in [0.2, 0.25) is 0 Å². The number of rotatable bonds is 6. The van der Waals surface area contributed by atoms with E-state index in [-0.39, 0.29) is 19.1 Å². The lowest BCUT2D eigenvalue weighted by Crippen LogP contribution is -2.35. The van der Waals surface area contributed by atoms with Gasteiger partial charge in [0.05, 0.1) is 12.7 Å². The average Bonchev–Trinajstić information content (AvgIpc) is 2.68. The molecule has 1 rings (SSSR count). The van der Waals surface area contributed by atoms with E-state index in [1.807, 2.05) is 0 Å². The first-order chi connectivity index (χ1) is 7.22. The molecule has 2 atom stereocenters. The Bertz CT molecular complexity index is 193. The fourth-order valence-electron chi connectivity index (χ4n) is 1.71. The monoisotopic (exact) mass is 216 g/mol. The molecule has 1 aliphatic heterocycles. The lowest BCUT2D eigenvalue weighted by atomic mass is 10.0. The number of methoxy groups -OCH3 is 1. The Morgan fingerprint density at radius 1 is 1.73 bits per heavy atom. The second-order valence-electron chi connectivity index (χ2n) is 3.98. The fraction of sp³-hybridized carbons (Fsp3) is 0.900. The molecule has 0 bridgehead atoms. The van der Waals surface area contributed by atoms with Gasteiger partial charge in [0.25, 0.3) is 0 Å². The molecule has 5 nitrogen and oxygen atoms in total. The van der Waals surface area contributed by atoms with E-state index in [0.717, 1.165) is 19.5 Å². The number of hydrogen-bond acceptors (Lipinski definition) is 4. The van der Waals surface area contributed by atoms with Crippen LogP contribution in [0.5, 0.6) is 0 Å².